The molecule has 1 aromatic rings. The molecular formula is C11H15ClFNO. The van der Waals surface area contributed by atoms with E-state index in [0.717, 1.165) is 0 Å². The number of hydrogen-bond acceptors (Lipinski definition) is 2. The van der Waals surface area contributed by atoms with Gasteiger partial charge in [-0.1, -0.05) is 11.6 Å². The third-order valence-corrected chi connectivity index (χ3v) is 2.03. The summed E-state index contributed by atoms with van der Waals surface area (Å²) >= 11 is 5.63. The summed E-state index contributed by atoms with van der Waals surface area (Å²) in [6.45, 7) is 5.06. The zero-order valence-corrected chi connectivity index (χ0v) is 9.64. The average Bonchev–Trinajstić information content (AvgIpc) is 2.14. The van der Waals surface area contributed by atoms with Gasteiger partial charge in [0.2, 0.25) is 0 Å². The molecule has 4 heteroatoms. The van der Waals surface area contributed by atoms with Gasteiger partial charge in [-0.25, -0.2) is 4.39 Å². The largest absolute Gasteiger partial charge is 0.380 e. The van der Waals surface area contributed by atoms with E-state index in [-0.39, 0.29) is 11.9 Å². The highest BCUT2D eigenvalue weighted by molar-refractivity contribution is 6.30. The van der Waals surface area contributed by atoms with Gasteiger partial charge in [0.25, 0.3) is 0 Å². The Kier molecular flexibility index (Phi) is 4.85. The van der Waals surface area contributed by atoms with E-state index in [1.807, 2.05) is 13.8 Å². The van der Waals surface area contributed by atoms with E-state index in [0.29, 0.717) is 23.9 Å². The van der Waals surface area contributed by atoms with Crippen molar-refractivity contribution >= 4 is 17.3 Å². The van der Waals surface area contributed by atoms with E-state index in [9.17, 15) is 4.39 Å². The van der Waals surface area contributed by atoms with Gasteiger partial charge < -0.3 is 10.1 Å². The van der Waals surface area contributed by atoms with Crippen molar-refractivity contribution in [1.29, 1.82) is 0 Å². The monoisotopic (exact) mass is 231 g/mol. The van der Waals surface area contributed by atoms with Crippen LogP contribution in [0.25, 0.3) is 0 Å². The summed E-state index contributed by atoms with van der Waals surface area (Å²) in [7, 11) is 0. The molecule has 0 saturated heterocycles. The van der Waals surface area contributed by atoms with Gasteiger partial charge in [0.05, 0.1) is 18.4 Å². The highest BCUT2D eigenvalue weighted by Gasteiger charge is 2.01. The van der Waals surface area contributed by atoms with Gasteiger partial charge in [-0.15, -0.1) is 0 Å². The predicted octanol–water partition coefficient (Wildman–Crippen LogP) is 3.32. The Balaban J connectivity index is 2.37. The van der Waals surface area contributed by atoms with Gasteiger partial charge in [-0.3, -0.25) is 0 Å². The molecule has 0 spiro atoms. The fourth-order valence-electron chi connectivity index (χ4n) is 1.11. The summed E-state index contributed by atoms with van der Waals surface area (Å²) in [5, 5.41) is 3.34. The maximum absolute atomic E-state index is 13.2. The minimum absolute atomic E-state index is 0.196. The molecule has 0 radical (unpaired) electrons. The van der Waals surface area contributed by atoms with Crippen LogP contribution in [0.4, 0.5) is 10.1 Å². The first-order valence-corrected chi connectivity index (χ1v) is 5.28. The lowest BCUT2D eigenvalue weighted by Gasteiger charge is -2.10. The topological polar surface area (TPSA) is 21.3 Å². The van der Waals surface area contributed by atoms with Crippen molar-refractivity contribution in [2.75, 3.05) is 18.5 Å². The Labute approximate surface area is 94.4 Å². The van der Waals surface area contributed by atoms with Crippen molar-refractivity contribution < 1.29 is 9.13 Å². The molecule has 0 saturated carbocycles. The number of nitrogens with one attached hydrogen (secondary N) is 1. The minimum Gasteiger partial charge on any atom is -0.380 e. The van der Waals surface area contributed by atoms with E-state index in [4.69, 9.17) is 16.3 Å². The Bertz CT molecular complexity index is 317. The molecule has 15 heavy (non-hydrogen) atoms. The molecule has 1 N–H and O–H groups in total. The van der Waals surface area contributed by atoms with Gasteiger partial charge in [0.15, 0.2) is 0 Å². The number of halogens is 2. The highest BCUT2D eigenvalue weighted by atomic mass is 35.5. The quantitative estimate of drug-likeness (QED) is 0.785. The molecule has 2 nitrogen and oxygen atoms in total. The zero-order valence-electron chi connectivity index (χ0n) is 8.89. The van der Waals surface area contributed by atoms with Crippen molar-refractivity contribution in [3.05, 3.63) is 29.0 Å². The predicted molar refractivity (Wildman–Crippen MR) is 61.0 cm³/mol. The maximum Gasteiger partial charge on any atom is 0.147 e. The van der Waals surface area contributed by atoms with Gasteiger partial charge >= 0.3 is 0 Å². The van der Waals surface area contributed by atoms with Crippen LogP contribution in [0, 0.1) is 5.82 Å². The van der Waals surface area contributed by atoms with Gasteiger partial charge in [0, 0.05) is 11.6 Å². The molecule has 84 valence electrons. The third-order valence-electron chi connectivity index (χ3n) is 1.80. The van der Waals surface area contributed by atoms with Crippen LogP contribution in [-0.2, 0) is 4.74 Å². The van der Waals surface area contributed by atoms with E-state index in [2.05, 4.69) is 5.32 Å². The van der Waals surface area contributed by atoms with Crippen LogP contribution in [0.1, 0.15) is 13.8 Å². The lowest BCUT2D eigenvalue weighted by atomic mass is 10.3. The second-order valence-corrected chi connectivity index (χ2v) is 3.91. The third kappa shape index (κ3) is 4.49. The van der Waals surface area contributed by atoms with E-state index < -0.39 is 0 Å². The van der Waals surface area contributed by atoms with Crippen molar-refractivity contribution in [2.45, 2.75) is 20.0 Å². The SMILES string of the molecule is CC(C)OCCNc1ccc(Cl)cc1F. The first-order valence-electron chi connectivity index (χ1n) is 4.90. The molecule has 0 unspecified atom stereocenters. The summed E-state index contributed by atoms with van der Waals surface area (Å²) in [4.78, 5) is 0. The Morgan fingerprint density at radius 1 is 1.47 bits per heavy atom. The number of benzene rings is 1. The first kappa shape index (κ1) is 12.3. The van der Waals surface area contributed by atoms with Crippen LogP contribution in [0.3, 0.4) is 0 Å². The number of ether oxygens (including phenoxy) is 1. The van der Waals surface area contributed by atoms with E-state index in [1.165, 1.54) is 6.07 Å². The van der Waals surface area contributed by atoms with Crippen molar-refractivity contribution in [1.82, 2.24) is 0 Å². The summed E-state index contributed by atoms with van der Waals surface area (Å²) in [6.07, 6.45) is 0.196. The number of hydrogen-bond donors (Lipinski definition) is 1. The summed E-state index contributed by atoms with van der Waals surface area (Å²) < 4.78 is 18.6. The maximum atomic E-state index is 13.2. The average molecular weight is 232 g/mol. The second kappa shape index (κ2) is 5.93. The first-order chi connectivity index (χ1) is 7.09. The molecule has 0 aliphatic carbocycles. The molecule has 0 bridgehead atoms. The standard InChI is InChI=1S/C11H15ClFNO/c1-8(2)15-6-5-14-11-4-3-9(12)7-10(11)13/h3-4,7-8,14H,5-6H2,1-2H3. The second-order valence-electron chi connectivity index (χ2n) is 3.47. The van der Waals surface area contributed by atoms with E-state index in [1.54, 1.807) is 12.1 Å². The molecule has 0 aliphatic rings. The van der Waals surface area contributed by atoms with Crippen molar-refractivity contribution in [2.24, 2.45) is 0 Å². The molecule has 0 aliphatic heterocycles. The Morgan fingerprint density at radius 2 is 2.20 bits per heavy atom. The summed E-state index contributed by atoms with van der Waals surface area (Å²) in [5.74, 6) is -0.341. The molecule has 0 aromatic heterocycles. The molecule has 0 atom stereocenters. The van der Waals surface area contributed by atoms with Crippen LogP contribution in [0.2, 0.25) is 5.02 Å². The summed E-state index contributed by atoms with van der Waals surface area (Å²) in [5.41, 5.74) is 0.451. The van der Waals surface area contributed by atoms with Crippen LogP contribution in [0.5, 0.6) is 0 Å². The van der Waals surface area contributed by atoms with Crippen LogP contribution >= 0.6 is 11.6 Å². The number of rotatable bonds is 5. The van der Waals surface area contributed by atoms with Crippen LogP contribution in [-0.4, -0.2) is 19.3 Å². The van der Waals surface area contributed by atoms with Gasteiger partial charge in [0.1, 0.15) is 5.82 Å². The Hall–Kier alpha value is -0.800. The van der Waals surface area contributed by atoms with Crippen molar-refractivity contribution in [3.8, 4) is 0 Å². The molecule has 0 heterocycles. The highest BCUT2D eigenvalue weighted by Crippen LogP contribution is 2.18. The van der Waals surface area contributed by atoms with Crippen molar-refractivity contribution in [3.63, 3.8) is 0 Å². The van der Waals surface area contributed by atoms with Gasteiger partial charge in [-0.05, 0) is 32.0 Å². The smallest absolute Gasteiger partial charge is 0.147 e. The Morgan fingerprint density at radius 3 is 2.80 bits per heavy atom. The molecular weight excluding hydrogens is 217 g/mol. The zero-order chi connectivity index (χ0) is 11.3. The summed E-state index contributed by atoms with van der Waals surface area (Å²) in [6, 6.07) is 4.55. The normalized spacial score (nSPS) is 10.7. The fraction of sp³-hybridized carbons (Fsp3) is 0.455. The molecule has 0 fully saturated rings. The van der Waals surface area contributed by atoms with Crippen LogP contribution in [0.15, 0.2) is 18.2 Å². The van der Waals surface area contributed by atoms with E-state index >= 15 is 0 Å². The van der Waals surface area contributed by atoms with Gasteiger partial charge in [-0.2, -0.15) is 0 Å². The molecule has 1 aromatic carbocycles. The molecule has 0 amide bonds. The minimum atomic E-state index is -0.341. The fourth-order valence-corrected chi connectivity index (χ4v) is 1.27. The number of anilines is 1. The lowest BCUT2D eigenvalue weighted by Crippen LogP contribution is -2.13. The molecule has 1 rings (SSSR count). The van der Waals surface area contributed by atoms with Crippen LogP contribution < -0.4 is 5.32 Å². The lowest BCUT2D eigenvalue weighted by molar-refractivity contribution is 0.0870.